The van der Waals surface area contributed by atoms with E-state index in [1.54, 1.807) is 42.7 Å². The SMILES string of the molecule is CCCCCCCCCCCCN(CC(O)COCCCC[Si](OC)(OC)OC)CC(O)COCCCC[Si](OC)(OC)OC. The van der Waals surface area contributed by atoms with E-state index in [2.05, 4.69) is 11.8 Å². The average Bonchev–Trinajstić information content (AvgIpc) is 3.05. The smallest absolute Gasteiger partial charge is 0.389 e. The van der Waals surface area contributed by atoms with Crippen LogP contribution in [0.3, 0.4) is 0 Å². The summed E-state index contributed by atoms with van der Waals surface area (Å²) in [5.74, 6) is 0. The van der Waals surface area contributed by atoms with Gasteiger partial charge in [-0.1, -0.05) is 64.7 Å². The summed E-state index contributed by atoms with van der Waals surface area (Å²) < 4.78 is 44.4. The maximum Gasteiger partial charge on any atom is 0.500 e. The topological polar surface area (TPSA) is 118 Å². The predicted octanol–water partition coefficient (Wildman–Crippen LogP) is 5.28. The monoisotopic (exact) mass is 685 g/mol. The molecule has 0 aromatic rings. The first-order valence-electron chi connectivity index (χ1n) is 17.3. The maximum atomic E-state index is 10.7. The highest BCUT2D eigenvalue weighted by Gasteiger charge is 2.37. The van der Waals surface area contributed by atoms with Gasteiger partial charge in [-0.25, -0.2) is 0 Å². The van der Waals surface area contributed by atoms with E-state index in [-0.39, 0.29) is 13.2 Å². The first kappa shape index (κ1) is 45.0. The minimum absolute atomic E-state index is 0.262. The van der Waals surface area contributed by atoms with Gasteiger partial charge in [0.05, 0.1) is 25.4 Å². The molecule has 0 rings (SSSR count). The lowest BCUT2D eigenvalue weighted by atomic mass is 10.1. The normalized spacial score (nSPS) is 14.0. The van der Waals surface area contributed by atoms with Crippen LogP contribution in [0.2, 0.25) is 12.1 Å². The molecule has 0 aliphatic heterocycles. The van der Waals surface area contributed by atoms with E-state index < -0.39 is 29.8 Å². The van der Waals surface area contributed by atoms with Crippen LogP contribution < -0.4 is 0 Å². The van der Waals surface area contributed by atoms with E-state index >= 15 is 0 Å². The second-order valence-electron chi connectivity index (χ2n) is 11.9. The van der Waals surface area contributed by atoms with Crippen molar-refractivity contribution in [1.29, 1.82) is 0 Å². The Balaban J connectivity index is 4.52. The fourth-order valence-corrected chi connectivity index (χ4v) is 9.01. The van der Waals surface area contributed by atoms with Gasteiger partial charge in [0.15, 0.2) is 0 Å². The van der Waals surface area contributed by atoms with Crippen molar-refractivity contribution < 1.29 is 46.2 Å². The third kappa shape index (κ3) is 23.1. The molecule has 272 valence electrons. The number of hydrogen-bond acceptors (Lipinski definition) is 11. The summed E-state index contributed by atoms with van der Waals surface area (Å²) in [6.07, 6.45) is 14.9. The molecule has 2 atom stereocenters. The molecule has 0 radical (unpaired) electrons. The van der Waals surface area contributed by atoms with Gasteiger partial charge >= 0.3 is 17.6 Å². The van der Waals surface area contributed by atoms with Crippen molar-refractivity contribution in [1.82, 2.24) is 4.90 Å². The summed E-state index contributed by atoms with van der Waals surface area (Å²) in [5, 5.41) is 21.5. The van der Waals surface area contributed by atoms with E-state index in [1.165, 1.54) is 51.4 Å². The largest absolute Gasteiger partial charge is 0.500 e. The molecule has 0 aromatic heterocycles. The number of aliphatic hydroxyl groups excluding tert-OH is 2. The molecule has 0 heterocycles. The number of hydrogen-bond donors (Lipinski definition) is 2. The van der Waals surface area contributed by atoms with Gasteiger partial charge in [0, 0.05) is 81.1 Å². The van der Waals surface area contributed by atoms with Crippen molar-refractivity contribution in [3.63, 3.8) is 0 Å². The van der Waals surface area contributed by atoms with Gasteiger partial charge < -0.3 is 46.2 Å². The van der Waals surface area contributed by atoms with E-state index in [9.17, 15) is 10.2 Å². The zero-order valence-corrected chi connectivity index (χ0v) is 32.0. The van der Waals surface area contributed by atoms with Crippen LogP contribution in [0.4, 0.5) is 0 Å². The highest BCUT2D eigenvalue weighted by atomic mass is 28.4. The van der Waals surface area contributed by atoms with Crippen molar-refractivity contribution in [3.8, 4) is 0 Å². The Bertz CT molecular complexity index is 576. The quantitative estimate of drug-likeness (QED) is 0.0671. The summed E-state index contributed by atoms with van der Waals surface area (Å²) in [5.41, 5.74) is 0. The third-order valence-corrected chi connectivity index (χ3v) is 14.0. The average molecular weight is 686 g/mol. The molecule has 2 unspecified atom stereocenters. The fraction of sp³-hybridized carbons (Fsp3) is 1.00. The molecule has 13 heteroatoms. The van der Waals surface area contributed by atoms with Gasteiger partial charge in [-0.3, -0.25) is 4.90 Å². The lowest BCUT2D eigenvalue weighted by molar-refractivity contribution is -0.0112. The maximum absolute atomic E-state index is 10.7. The van der Waals surface area contributed by atoms with E-state index in [1.807, 2.05) is 0 Å². The van der Waals surface area contributed by atoms with Gasteiger partial charge in [-0.15, -0.1) is 0 Å². The number of rotatable bonds is 35. The summed E-state index contributed by atoms with van der Waals surface area (Å²) >= 11 is 0. The lowest BCUT2D eigenvalue weighted by Gasteiger charge is -2.27. The van der Waals surface area contributed by atoms with Crippen molar-refractivity contribution in [3.05, 3.63) is 0 Å². The van der Waals surface area contributed by atoms with E-state index in [0.29, 0.717) is 26.3 Å². The summed E-state index contributed by atoms with van der Waals surface area (Å²) in [7, 11) is 4.62. The molecule has 0 saturated carbocycles. The second-order valence-corrected chi connectivity index (χ2v) is 18.1. The molecule has 0 spiro atoms. The molecular weight excluding hydrogens is 615 g/mol. The summed E-state index contributed by atoms with van der Waals surface area (Å²) in [6, 6.07) is 1.45. The number of ether oxygens (including phenoxy) is 2. The Labute approximate surface area is 278 Å². The highest BCUT2D eigenvalue weighted by Crippen LogP contribution is 2.17. The molecule has 0 fully saturated rings. The van der Waals surface area contributed by atoms with Crippen LogP contribution in [0.15, 0.2) is 0 Å². The Morgan fingerprint density at radius 1 is 0.489 bits per heavy atom. The van der Waals surface area contributed by atoms with E-state index in [4.69, 9.17) is 36.0 Å². The molecular formula is C32H71NO10Si2. The Morgan fingerprint density at radius 2 is 0.844 bits per heavy atom. The lowest BCUT2D eigenvalue weighted by Crippen LogP contribution is -2.42. The standard InChI is InChI=1S/C32H71NO10Si2/c1-8-9-10-11-12-13-14-15-16-17-22-33(27-31(34)29-42-23-18-20-25-44(36-2,37-3)38-4)28-32(35)30-43-24-19-21-26-45(39-5,40-6)41-7/h31-32,34-35H,8-30H2,1-7H3. The molecule has 45 heavy (non-hydrogen) atoms. The summed E-state index contributed by atoms with van der Waals surface area (Å²) in [4.78, 5) is 2.15. The van der Waals surface area contributed by atoms with Crippen LogP contribution in [0.25, 0.3) is 0 Å². The molecule has 0 aromatic carbocycles. The minimum Gasteiger partial charge on any atom is -0.389 e. The van der Waals surface area contributed by atoms with Crippen LogP contribution in [0.5, 0.6) is 0 Å². The van der Waals surface area contributed by atoms with Crippen LogP contribution in [-0.2, 0) is 36.0 Å². The van der Waals surface area contributed by atoms with Crippen LogP contribution in [0, 0.1) is 0 Å². The number of unbranched alkanes of at least 4 members (excludes halogenated alkanes) is 11. The number of aliphatic hydroxyl groups is 2. The molecule has 11 nitrogen and oxygen atoms in total. The third-order valence-electron chi connectivity index (χ3n) is 8.30. The predicted molar refractivity (Wildman–Crippen MR) is 184 cm³/mol. The fourth-order valence-electron chi connectivity index (χ4n) is 5.42. The second kappa shape index (κ2) is 30.1. The molecule has 0 bridgehead atoms. The highest BCUT2D eigenvalue weighted by molar-refractivity contribution is 6.60. The first-order valence-corrected chi connectivity index (χ1v) is 21.2. The van der Waals surface area contributed by atoms with Gasteiger partial charge in [0.2, 0.25) is 0 Å². The van der Waals surface area contributed by atoms with Gasteiger partial charge in [-0.05, 0) is 38.6 Å². The first-order chi connectivity index (χ1) is 21.8. The molecule has 0 aliphatic rings. The zero-order chi connectivity index (χ0) is 33.7. The molecule has 2 N–H and O–H groups in total. The van der Waals surface area contributed by atoms with Crippen molar-refractivity contribution in [2.24, 2.45) is 0 Å². The van der Waals surface area contributed by atoms with Crippen molar-refractivity contribution >= 4 is 17.6 Å². The van der Waals surface area contributed by atoms with Gasteiger partial charge in [-0.2, -0.15) is 0 Å². The molecule has 0 saturated heterocycles. The number of nitrogens with zero attached hydrogens (tertiary/aromatic N) is 1. The molecule has 0 aliphatic carbocycles. The van der Waals surface area contributed by atoms with Crippen LogP contribution >= 0.6 is 0 Å². The van der Waals surface area contributed by atoms with Gasteiger partial charge in [0.25, 0.3) is 0 Å². The molecule has 0 amide bonds. The van der Waals surface area contributed by atoms with E-state index in [0.717, 1.165) is 57.2 Å². The Morgan fingerprint density at radius 3 is 1.20 bits per heavy atom. The van der Waals surface area contributed by atoms with Crippen molar-refractivity contribution in [2.45, 2.75) is 121 Å². The van der Waals surface area contributed by atoms with Crippen LogP contribution in [-0.4, -0.2) is 134 Å². The summed E-state index contributed by atoms with van der Waals surface area (Å²) in [6.45, 7) is 5.63. The Kier molecular flexibility index (Phi) is 30.1. The van der Waals surface area contributed by atoms with Gasteiger partial charge in [0.1, 0.15) is 0 Å². The zero-order valence-electron chi connectivity index (χ0n) is 30.0. The van der Waals surface area contributed by atoms with Crippen LogP contribution in [0.1, 0.15) is 96.8 Å². The minimum atomic E-state index is -2.56. The van der Waals surface area contributed by atoms with Crippen molar-refractivity contribution in [2.75, 3.05) is 88.7 Å². The Hall–Kier alpha value is -0.00623.